The van der Waals surface area contributed by atoms with Gasteiger partial charge in [0.2, 0.25) is 0 Å². The van der Waals surface area contributed by atoms with Crippen molar-refractivity contribution < 1.29 is 9.53 Å². The molecule has 0 aromatic carbocycles. The van der Waals surface area contributed by atoms with Crippen LogP contribution in [0.4, 0.5) is 0 Å². The number of nitrogens with one attached hydrogen (secondary N) is 1. The summed E-state index contributed by atoms with van der Waals surface area (Å²) in [4.78, 5) is 18.7. The van der Waals surface area contributed by atoms with E-state index in [9.17, 15) is 4.79 Å². The highest BCUT2D eigenvalue weighted by Gasteiger charge is 2.15. The molecular formula is C12H11BrN2O2. The molecule has 0 spiro atoms. The number of H-pyrrole nitrogens is 1. The summed E-state index contributed by atoms with van der Waals surface area (Å²) in [5.74, 6) is -0.337. The van der Waals surface area contributed by atoms with Gasteiger partial charge in [0.1, 0.15) is 0 Å². The van der Waals surface area contributed by atoms with Crippen LogP contribution in [0, 0.1) is 0 Å². The van der Waals surface area contributed by atoms with Gasteiger partial charge in [-0.15, -0.1) is 0 Å². The fourth-order valence-corrected chi connectivity index (χ4v) is 1.96. The Morgan fingerprint density at radius 2 is 2.18 bits per heavy atom. The summed E-state index contributed by atoms with van der Waals surface area (Å²) in [6.45, 7) is 2.14. The fourth-order valence-electron chi connectivity index (χ4n) is 1.47. The highest BCUT2D eigenvalue weighted by atomic mass is 79.9. The Kier molecular flexibility index (Phi) is 3.58. The third kappa shape index (κ3) is 2.55. The van der Waals surface area contributed by atoms with Gasteiger partial charge >= 0.3 is 5.97 Å². The van der Waals surface area contributed by atoms with Crippen LogP contribution in [0.5, 0.6) is 0 Å². The van der Waals surface area contributed by atoms with E-state index in [-0.39, 0.29) is 5.97 Å². The molecule has 0 atom stereocenters. The summed E-state index contributed by atoms with van der Waals surface area (Å²) in [6.07, 6.45) is 3.40. The summed E-state index contributed by atoms with van der Waals surface area (Å²) < 4.78 is 5.58. The van der Waals surface area contributed by atoms with Gasteiger partial charge in [-0.1, -0.05) is 0 Å². The van der Waals surface area contributed by atoms with Crippen LogP contribution in [0.15, 0.2) is 35.2 Å². The van der Waals surface area contributed by atoms with Crippen molar-refractivity contribution in [1.82, 2.24) is 9.97 Å². The molecule has 0 aliphatic heterocycles. The van der Waals surface area contributed by atoms with E-state index in [1.54, 1.807) is 25.4 Å². The minimum absolute atomic E-state index is 0.337. The highest BCUT2D eigenvalue weighted by Crippen LogP contribution is 2.25. The van der Waals surface area contributed by atoms with Crippen molar-refractivity contribution in [2.75, 3.05) is 6.61 Å². The van der Waals surface area contributed by atoms with Gasteiger partial charge in [0.05, 0.1) is 16.8 Å². The van der Waals surface area contributed by atoms with Crippen molar-refractivity contribution in [3.8, 4) is 11.3 Å². The minimum atomic E-state index is -0.337. The van der Waals surface area contributed by atoms with Gasteiger partial charge in [-0.05, 0) is 41.1 Å². The number of ether oxygens (including phenoxy) is 1. The van der Waals surface area contributed by atoms with Gasteiger partial charge in [0.25, 0.3) is 0 Å². The number of halogens is 1. The summed E-state index contributed by atoms with van der Waals surface area (Å²) >= 11 is 3.31. The molecule has 2 rings (SSSR count). The number of esters is 1. The lowest BCUT2D eigenvalue weighted by Gasteiger charge is -1.98. The number of aromatic amines is 1. The molecule has 1 N–H and O–H groups in total. The SMILES string of the molecule is CCOC(=O)c1cc(-c2ccncc2)[nH]c1Br. The topological polar surface area (TPSA) is 55.0 Å². The maximum absolute atomic E-state index is 11.6. The average Bonchev–Trinajstić information content (AvgIpc) is 2.73. The number of hydrogen-bond acceptors (Lipinski definition) is 3. The first kappa shape index (κ1) is 11.9. The van der Waals surface area contributed by atoms with Crippen molar-refractivity contribution >= 4 is 21.9 Å². The Balaban J connectivity index is 2.34. The van der Waals surface area contributed by atoms with E-state index < -0.39 is 0 Å². The van der Waals surface area contributed by atoms with E-state index in [0.29, 0.717) is 16.8 Å². The van der Waals surface area contributed by atoms with Gasteiger partial charge < -0.3 is 9.72 Å². The quantitative estimate of drug-likeness (QED) is 0.886. The second-order valence-electron chi connectivity index (χ2n) is 3.37. The van der Waals surface area contributed by atoms with Crippen LogP contribution in [0.25, 0.3) is 11.3 Å². The van der Waals surface area contributed by atoms with Gasteiger partial charge in [-0.25, -0.2) is 4.79 Å². The number of carbonyl (C=O) groups is 1. The predicted octanol–water partition coefficient (Wildman–Crippen LogP) is 3.02. The third-order valence-electron chi connectivity index (χ3n) is 2.26. The van der Waals surface area contributed by atoms with Crippen LogP contribution >= 0.6 is 15.9 Å². The van der Waals surface area contributed by atoms with E-state index in [1.807, 2.05) is 12.1 Å². The van der Waals surface area contributed by atoms with Crippen LogP contribution in [0.2, 0.25) is 0 Å². The van der Waals surface area contributed by atoms with E-state index >= 15 is 0 Å². The molecule has 88 valence electrons. The summed E-state index contributed by atoms with van der Waals surface area (Å²) in [6, 6.07) is 5.50. The zero-order valence-electron chi connectivity index (χ0n) is 9.24. The molecule has 17 heavy (non-hydrogen) atoms. The van der Waals surface area contributed by atoms with Crippen molar-refractivity contribution in [3.05, 3.63) is 40.8 Å². The molecule has 0 saturated heterocycles. The summed E-state index contributed by atoms with van der Waals surface area (Å²) in [5.41, 5.74) is 2.32. The standard InChI is InChI=1S/C12H11BrN2O2/c1-2-17-12(16)9-7-10(15-11(9)13)8-3-5-14-6-4-8/h3-7,15H,2H2,1H3. The molecule has 2 heterocycles. The zero-order valence-corrected chi connectivity index (χ0v) is 10.8. The van der Waals surface area contributed by atoms with E-state index in [4.69, 9.17) is 4.74 Å². The first-order valence-corrected chi connectivity index (χ1v) is 5.97. The van der Waals surface area contributed by atoms with Crippen molar-refractivity contribution in [1.29, 1.82) is 0 Å². The maximum atomic E-state index is 11.6. The molecular weight excluding hydrogens is 284 g/mol. The Morgan fingerprint density at radius 3 is 2.82 bits per heavy atom. The van der Waals surface area contributed by atoms with Gasteiger partial charge in [-0.3, -0.25) is 4.98 Å². The number of rotatable bonds is 3. The molecule has 2 aromatic rings. The second kappa shape index (κ2) is 5.14. The lowest BCUT2D eigenvalue weighted by molar-refractivity contribution is 0.0525. The monoisotopic (exact) mass is 294 g/mol. The highest BCUT2D eigenvalue weighted by molar-refractivity contribution is 9.10. The number of pyridine rings is 1. The number of hydrogen-bond donors (Lipinski definition) is 1. The molecule has 0 saturated carbocycles. The minimum Gasteiger partial charge on any atom is -0.462 e. The van der Waals surface area contributed by atoms with Crippen LogP contribution in [-0.4, -0.2) is 22.5 Å². The molecule has 2 aromatic heterocycles. The molecule has 0 bridgehead atoms. The predicted molar refractivity (Wildman–Crippen MR) is 67.7 cm³/mol. The van der Waals surface area contributed by atoms with Gasteiger partial charge in [0, 0.05) is 23.7 Å². The summed E-state index contributed by atoms with van der Waals surface area (Å²) in [5, 5.41) is 0. The van der Waals surface area contributed by atoms with E-state index in [2.05, 4.69) is 25.9 Å². The largest absolute Gasteiger partial charge is 0.462 e. The van der Waals surface area contributed by atoms with Gasteiger partial charge in [-0.2, -0.15) is 0 Å². The van der Waals surface area contributed by atoms with Crippen LogP contribution < -0.4 is 0 Å². The average molecular weight is 295 g/mol. The van der Waals surface area contributed by atoms with Crippen LogP contribution in [0.3, 0.4) is 0 Å². The Morgan fingerprint density at radius 1 is 1.47 bits per heavy atom. The molecule has 0 aliphatic carbocycles. The first-order valence-electron chi connectivity index (χ1n) is 5.18. The van der Waals surface area contributed by atoms with Crippen LogP contribution in [0.1, 0.15) is 17.3 Å². The van der Waals surface area contributed by atoms with Crippen molar-refractivity contribution in [2.24, 2.45) is 0 Å². The Hall–Kier alpha value is -1.62. The Labute approximate surface area is 107 Å². The second-order valence-corrected chi connectivity index (χ2v) is 4.16. The molecule has 5 heteroatoms. The van der Waals surface area contributed by atoms with Crippen molar-refractivity contribution in [2.45, 2.75) is 6.92 Å². The van der Waals surface area contributed by atoms with E-state index in [0.717, 1.165) is 11.3 Å². The molecule has 0 amide bonds. The van der Waals surface area contributed by atoms with E-state index in [1.165, 1.54) is 0 Å². The number of carbonyl (C=O) groups excluding carboxylic acids is 1. The molecule has 4 nitrogen and oxygen atoms in total. The van der Waals surface area contributed by atoms with Crippen LogP contribution in [-0.2, 0) is 4.74 Å². The molecule has 0 unspecified atom stereocenters. The fraction of sp³-hybridized carbons (Fsp3) is 0.167. The lowest BCUT2D eigenvalue weighted by atomic mass is 10.2. The van der Waals surface area contributed by atoms with Crippen molar-refractivity contribution in [3.63, 3.8) is 0 Å². The normalized spacial score (nSPS) is 10.2. The lowest BCUT2D eigenvalue weighted by Crippen LogP contribution is -2.03. The first-order chi connectivity index (χ1) is 8.22. The number of nitrogens with zero attached hydrogens (tertiary/aromatic N) is 1. The molecule has 0 radical (unpaired) electrons. The summed E-state index contributed by atoms with van der Waals surface area (Å²) in [7, 11) is 0. The Bertz CT molecular complexity index is 523. The zero-order chi connectivity index (χ0) is 12.3. The molecule has 0 fully saturated rings. The number of aromatic nitrogens is 2. The van der Waals surface area contributed by atoms with Gasteiger partial charge in [0.15, 0.2) is 0 Å². The smallest absolute Gasteiger partial charge is 0.340 e. The molecule has 0 aliphatic rings. The third-order valence-corrected chi connectivity index (χ3v) is 2.88. The maximum Gasteiger partial charge on any atom is 0.340 e.